The molecule has 6 nitrogen and oxygen atoms in total. The number of β-amino-alcohol motifs (C(OH)–C–C–N with tert-alkyl or cyclic N) is 2. The van der Waals surface area contributed by atoms with Crippen LogP contribution in [0.2, 0.25) is 0 Å². The summed E-state index contributed by atoms with van der Waals surface area (Å²) < 4.78 is 0. The molecular formula is C14H26N4O2. The number of aliphatic hydroxyl groups is 2. The van der Waals surface area contributed by atoms with Crippen LogP contribution >= 0.6 is 0 Å². The molecule has 2 N–H and O–H groups in total. The first-order valence-electron chi connectivity index (χ1n) is 7.63. The van der Waals surface area contributed by atoms with Crippen LogP contribution in [-0.4, -0.2) is 84.2 Å². The van der Waals surface area contributed by atoms with Gasteiger partial charge in [0.05, 0.1) is 38.0 Å². The predicted octanol–water partition coefficient (Wildman–Crippen LogP) is -0.0404. The molecule has 0 spiro atoms. The van der Waals surface area contributed by atoms with E-state index in [2.05, 4.69) is 19.8 Å². The summed E-state index contributed by atoms with van der Waals surface area (Å²) in [5.74, 6) is 2.30. The summed E-state index contributed by atoms with van der Waals surface area (Å²) >= 11 is 0. The standard InChI is InChI=1S/C14H26N4O2/c19-11-9-17-7-5-15-13(17)3-1-2-4-14-16-6-8-18(14)10-12-20/h19-20H,1-12H2. The molecule has 0 aromatic rings. The van der Waals surface area contributed by atoms with Crippen LogP contribution in [0.3, 0.4) is 0 Å². The molecule has 0 fully saturated rings. The van der Waals surface area contributed by atoms with Crippen molar-refractivity contribution >= 4 is 11.7 Å². The van der Waals surface area contributed by atoms with Crippen molar-refractivity contribution in [2.24, 2.45) is 9.98 Å². The Morgan fingerprint density at radius 3 is 1.65 bits per heavy atom. The van der Waals surface area contributed by atoms with Crippen LogP contribution in [0.5, 0.6) is 0 Å². The van der Waals surface area contributed by atoms with Crippen molar-refractivity contribution in [1.82, 2.24) is 9.80 Å². The van der Waals surface area contributed by atoms with Gasteiger partial charge in [-0.15, -0.1) is 0 Å². The third kappa shape index (κ3) is 4.18. The second-order valence-electron chi connectivity index (χ2n) is 5.22. The molecule has 6 heteroatoms. The molecule has 2 heterocycles. The lowest BCUT2D eigenvalue weighted by atomic mass is 10.1. The molecule has 0 aliphatic carbocycles. The third-order valence-electron chi connectivity index (χ3n) is 3.85. The second kappa shape index (κ2) is 8.21. The highest BCUT2D eigenvalue weighted by Gasteiger charge is 2.17. The third-order valence-corrected chi connectivity index (χ3v) is 3.85. The molecule has 0 atom stereocenters. The van der Waals surface area contributed by atoms with Crippen LogP contribution in [0.15, 0.2) is 9.98 Å². The van der Waals surface area contributed by atoms with Crippen LogP contribution in [-0.2, 0) is 0 Å². The minimum Gasteiger partial charge on any atom is -0.395 e. The number of aliphatic imine (C=N–C) groups is 2. The van der Waals surface area contributed by atoms with Crippen LogP contribution in [0, 0.1) is 0 Å². The van der Waals surface area contributed by atoms with Gasteiger partial charge in [0, 0.05) is 39.0 Å². The molecule has 0 unspecified atom stereocenters. The van der Waals surface area contributed by atoms with Gasteiger partial charge in [-0.25, -0.2) is 0 Å². The van der Waals surface area contributed by atoms with Gasteiger partial charge in [-0.3, -0.25) is 9.98 Å². The van der Waals surface area contributed by atoms with Crippen LogP contribution in [0.1, 0.15) is 25.7 Å². The Bertz CT molecular complexity index is 323. The molecule has 0 aromatic carbocycles. The summed E-state index contributed by atoms with van der Waals surface area (Å²) in [6.45, 7) is 5.45. The minimum absolute atomic E-state index is 0.200. The highest BCUT2D eigenvalue weighted by atomic mass is 16.3. The first-order chi connectivity index (χ1) is 9.85. The smallest absolute Gasteiger partial charge is 0.0991 e. The van der Waals surface area contributed by atoms with Crippen molar-refractivity contribution in [1.29, 1.82) is 0 Å². The van der Waals surface area contributed by atoms with Crippen LogP contribution in [0.4, 0.5) is 0 Å². The fourth-order valence-corrected chi connectivity index (χ4v) is 2.82. The molecule has 0 saturated heterocycles. The topological polar surface area (TPSA) is 71.7 Å². The Morgan fingerprint density at radius 2 is 1.25 bits per heavy atom. The van der Waals surface area contributed by atoms with Gasteiger partial charge in [-0.05, 0) is 12.8 Å². The Kier molecular flexibility index (Phi) is 6.26. The summed E-state index contributed by atoms with van der Waals surface area (Å²) in [6.07, 6.45) is 4.19. The minimum atomic E-state index is 0.200. The van der Waals surface area contributed by atoms with Gasteiger partial charge in [0.2, 0.25) is 0 Å². The molecule has 2 rings (SSSR count). The van der Waals surface area contributed by atoms with Crippen molar-refractivity contribution in [2.45, 2.75) is 25.7 Å². The lowest BCUT2D eigenvalue weighted by Crippen LogP contribution is -2.31. The molecule has 114 valence electrons. The molecule has 2 aliphatic rings. The maximum Gasteiger partial charge on any atom is 0.0991 e. The molecule has 0 saturated carbocycles. The van der Waals surface area contributed by atoms with E-state index in [0.29, 0.717) is 13.1 Å². The molecule has 20 heavy (non-hydrogen) atoms. The van der Waals surface area contributed by atoms with E-state index in [4.69, 9.17) is 10.2 Å². The van der Waals surface area contributed by atoms with Crippen LogP contribution in [0.25, 0.3) is 0 Å². The van der Waals surface area contributed by atoms with Crippen molar-refractivity contribution in [3.05, 3.63) is 0 Å². The van der Waals surface area contributed by atoms with Crippen molar-refractivity contribution in [2.75, 3.05) is 52.5 Å². The average molecular weight is 282 g/mol. The van der Waals surface area contributed by atoms with Gasteiger partial charge in [0.1, 0.15) is 0 Å². The number of aliphatic hydroxyl groups excluding tert-OH is 2. The zero-order valence-electron chi connectivity index (χ0n) is 12.2. The fraction of sp³-hybridized carbons (Fsp3) is 0.857. The molecule has 0 aromatic heterocycles. The van der Waals surface area contributed by atoms with E-state index in [1.54, 1.807) is 0 Å². The quantitative estimate of drug-likeness (QED) is 0.582. The van der Waals surface area contributed by atoms with E-state index < -0.39 is 0 Å². The maximum atomic E-state index is 9.00. The summed E-state index contributed by atoms with van der Waals surface area (Å²) in [5.41, 5.74) is 0. The number of hydrogen-bond acceptors (Lipinski definition) is 6. The first-order valence-corrected chi connectivity index (χ1v) is 7.63. The number of amidine groups is 2. The Balaban J connectivity index is 1.64. The lowest BCUT2D eigenvalue weighted by molar-refractivity contribution is 0.254. The van der Waals surface area contributed by atoms with Gasteiger partial charge in [-0.1, -0.05) is 0 Å². The zero-order chi connectivity index (χ0) is 14.2. The first kappa shape index (κ1) is 15.3. The fourth-order valence-electron chi connectivity index (χ4n) is 2.82. The normalized spacial score (nSPS) is 18.7. The monoisotopic (exact) mass is 282 g/mol. The van der Waals surface area contributed by atoms with E-state index in [1.165, 1.54) is 0 Å². The van der Waals surface area contributed by atoms with Crippen LogP contribution < -0.4 is 0 Å². The maximum absolute atomic E-state index is 9.00. The van der Waals surface area contributed by atoms with E-state index in [9.17, 15) is 0 Å². The van der Waals surface area contributed by atoms with Crippen molar-refractivity contribution < 1.29 is 10.2 Å². The van der Waals surface area contributed by atoms with E-state index in [0.717, 1.165) is 63.5 Å². The van der Waals surface area contributed by atoms with Gasteiger partial charge in [-0.2, -0.15) is 0 Å². The van der Waals surface area contributed by atoms with Gasteiger partial charge >= 0.3 is 0 Å². The molecule has 2 aliphatic heterocycles. The summed E-state index contributed by atoms with van der Waals surface area (Å²) in [7, 11) is 0. The Hall–Kier alpha value is -1.14. The summed E-state index contributed by atoms with van der Waals surface area (Å²) in [5, 5.41) is 18.0. The van der Waals surface area contributed by atoms with E-state index >= 15 is 0 Å². The summed E-state index contributed by atoms with van der Waals surface area (Å²) in [4.78, 5) is 13.4. The lowest BCUT2D eigenvalue weighted by Gasteiger charge is -2.20. The number of rotatable bonds is 9. The molecule has 0 bridgehead atoms. The molecular weight excluding hydrogens is 256 g/mol. The van der Waals surface area contributed by atoms with Crippen molar-refractivity contribution in [3.63, 3.8) is 0 Å². The highest BCUT2D eigenvalue weighted by Crippen LogP contribution is 2.12. The van der Waals surface area contributed by atoms with Gasteiger partial charge in [0.15, 0.2) is 0 Å². The molecule has 0 amide bonds. The Labute approximate surface area is 120 Å². The highest BCUT2D eigenvalue weighted by molar-refractivity contribution is 5.84. The predicted molar refractivity (Wildman–Crippen MR) is 80.4 cm³/mol. The molecule has 0 radical (unpaired) electrons. The second-order valence-corrected chi connectivity index (χ2v) is 5.22. The Morgan fingerprint density at radius 1 is 0.800 bits per heavy atom. The van der Waals surface area contributed by atoms with E-state index in [-0.39, 0.29) is 13.2 Å². The number of unbranched alkanes of at least 4 members (excludes halogenated alkanes) is 1. The van der Waals surface area contributed by atoms with Gasteiger partial charge < -0.3 is 20.0 Å². The number of hydrogen-bond donors (Lipinski definition) is 2. The average Bonchev–Trinajstić information content (AvgIpc) is 3.06. The van der Waals surface area contributed by atoms with E-state index in [1.807, 2.05) is 0 Å². The number of nitrogens with zero attached hydrogens (tertiary/aromatic N) is 4. The SMILES string of the molecule is OCCN1CCN=C1CCCCC1=NCCN1CCO. The largest absolute Gasteiger partial charge is 0.395 e. The zero-order valence-corrected chi connectivity index (χ0v) is 12.2. The summed E-state index contributed by atoms with van der Waals surface area (Å²) in [6, 6.07) is 0. The van der Waals surface area contributed by atoms with Gasteiger partial charge in [0.25, 0.3) is 0 Å². The van der Waals surface area contributed by atoms with Crippen molar-refractivity contribution in [3.8, 4) is 0 Å².